The summed E-state index contributed by atoms with van der Waals surface area (Å²) in [6.07, 6.45) is 9.62. The summed E-state index contributed by atoms with van der Waals surface area (Å²) < 4.78 is 0. The molecule has 0 aromatic heterocycles. The van der Waals surface area contributed by atoms with Crippen LogP contribution in [-0.2, 0) is 4.79 Å². The fourth-order valence-electron chi connectivity index (χ4n) is 4.68. The minimum absolute atomic E-state index is 0. The van der Waals surface area contributed by atoms with E-state index in [9.17, 15) is 4.79 Å². The Labute approximate surface area is 122 Å². The van der Waals surface area contributed by atoms with Crippen LogP contribution in [0.25, 0.3) is 0 Å². The second kappa shape index (κ2) is 6.45. The van der Waals surface area contributed by atoms with Gasteiger partial charge in [-0.1, -0.05) is 6.42 Å². The molecular formula is C15H27ClN2O. The van der Waals surface area contributed by atoms with Crippen molar-refractivity contribution >= 4 is 18.3 Å². The van der Waals surface area contributed by atoms with Gasteiger partial charge in [-0.15, -0.1) is 12.4 Å². The van der Waals surface area contributed by atoms with E-state index in [1.54, 1.807) is 0 Å². The first kappa shape index (κ1) is 15.1. The molecule has 2 aliphatic carbocycles. The molecule has 4 atom stereocenters. The summed E-state index contributed by atoms with van der Waals surface area (Å²) in [7, 11) is 1.86. The standard InChI is InChI=1S/C15H26N2O.ClH/c1-16-10-15(18)17-6-2-3-14(17)9-13-8-11-4-5-12(13)7-11;/h11-14,16H,2-10H2,1H3;1H. The Morgan fingerprint density at radius 3 is 2.74 bits per heavy atom. The van der Waals surface area contributed by atoms with Crippen LogP contribution in [-0.4, -0.2) is 37.0 Å². The van der Waals surface area contributed by atoms with Crippen LogP contribution in [0.5, 0.6) is 0 Å². The Kier molecular flexibility index (Phi) is 5.13. The molecule has 1 amide bonds. The topological polar surface area (TPSA) is 32.3 Å². The van der Waals surface area contributed by atoms with E-state index >= 15 is 0 Å². The number of carbonyl (C=O) groups excluding carboxylic acids is 1. The van der Waals surface area contributed by atoms with Gasteiger partial charge >= 0.3 is 0 Å². The van der Waals surface area contributed by atoms with Crippen molar-refractivity contribution in [1.29, 1.82) is 0 Å². The molecule has 2 saturated carbocycles. The van der Waals surface area contributed by atoms with Gasteiger partial charge in [0.2, 0.25) is 5.91 Å². The number of nitrogens with zero attached hydrogens (tertiary/aromatic N) is 1. The van der Waals surface area contributed by atoms with Crippen LogP contribution in [0.3, 0.4) is 0 Å². The molecule has 3 nitrogen and oxygen atoms in total. The van der Waals surface area contributed by atoms with Gasteiger partial charge in [-0.25, -0.2) is 0 Å². The third-order valence-electron chi connectivity index (χ3n) is 5.48. The number of hydrogen-bond acceptors (Lipinski definition) is 2. The zero-order valence-electron chi connectivity index (χ0n) is 11.9. The largest absolute Gasteiger partial charge is 0.339 e. The lowest BCUT2D eigenvalue weighted by Crippen LogP contribution is -2.41. The van der Waals surface area contributed by atoms with E-state index in [-0.39, 0.29) is 12.4 Å². The molecule has 0 radical (unpaired) electrons. The number of carbonyl (C=O) groups is 1. The highest BCUT2D eigenvalue weighted by atomic mass is 35.5. The quantitative estimate of drug-likeness (QED) is 0.861. The number of halogens is 1. The van der Waals surface area contributed by atoms with E-state index in [1.165, 1.54) is 44.9 Å². The first-order valence-electron chi connectivity index (χ1n) is 7.72. The van der Waals surface area contributed by atoms with Gasteiger partial charge in [0.15, 0.2) is 0 Å². The van der Waals surface area contributed by atoms with Gasteiger partial charge in [0, 0.05) is 12.6 Å². The molecule has 3 aliphatic rings. The lowest BCUT2D eigenvalue weighted by molar-refractivity contribution is -0.131. The Bertz CT molecular complexity index is 323. The van der Waals surface area contributed by atoms with Gasteiger partial charge in [0.1, 0.15) is 0 Å². The average molecular weight is 287 g/mol. The molecule has 1 saturated heterocycles. The molecule has 19 heavy (non-hydrogen) atoms. The summed E-state index contributed by atoms with van der Waals surface area (Å²) >= 11 is 0. The normalized spacial score (nSPS) is 36.6. The average Bonchev–Trinajstić information content (AvgIpc) is 3.04. The predicted molar refractivity (Wildman–Crippen MR) is 79.5 cm³/mol. The second-order valence-electron chi connectivity index (χ2n) is 6.58. The highest BCUT2D eigenvalue weighted by molar-refractivity contribution is 5.85. The van der Waals surface area contributed by atoms with Crippen molar-refractivity contribution in [2.24, 2.45) is 17.8 Å². The molecule has 1 heterocycles. The number of likely N-dealkylation sites (tertiary alicyclic amines) is 1. The lowest BCUT2D eigenvalue weighted by Gasteiger charge is -2.30. The Morgan fingerprint density at radius 1 is 1.26 bits per heavy atom. The molecular weight excluding hydrogens is 260 g/mol. The number of amides is 1. The van der Waals surface area contributed by atoms with Crippen LogP contribution in [0.2, 0.25) is 0 Å². The number of rotatable bonds is 4. The molecule has 0 aromatic rings. The van der Waals surface area contributed by atoms with E-state index in [0.29, 0.717) is 18.5 Å². The predicted octanol–water partition coefficient (Wildman–Crippen LogP) is 2.44. The minimum atomic E-state index is 0. The minimum Gasteiger partial charge on any atom is -0.339 e. The van der Waals surface area contributed by atoms with Gasteiger partial charge in [0.05, 0.1) is 6.54 Å². The second-order valence-corrected chi connectivity index (χ2v) is 6.58. The van der Waals surface area contributed by atoms with Crippen molar-refractivity contribution in [3.05, 3.63) is 0 Å². The molecule has 4 heteroatoms. The third kappa shape index (κ3) is 3.08. The third-order valence-corrected chi connectivity index (χ3v) is 5.48. The monoisotopic (exact) mass is 286 g/mol. The summed E-state index contributed by atoms with van der Waals surface area (Å²) in [5, 5.41) is 2.99. The van der Waals surface area contributed by atoms with Gasteiger partial charge in [-0.3, -0.25) is 4.79 Å². The lowest BCUT2D eigenvalue weighted by atomic mass is 9.83. The summed E-state index contributed by atoms with van der Waals surface area (Å²) in [5.74, 6) is 3.26. The van der Waals surface area contributed by atoms with Crippen LogP contribution in [0.1, 0.15) is 44.9 Å². The molecule has 4 unspecified atom stereocenters. The van der Waals surface area contributed by atoms with E-state index in [1.807, 2.05) is 7.05 Å². The van der Waals surface area contributed by atoms with Crippen molar-refractivity contribution in [2.45, 2.75) is 51.0 Å². The van der Waals surface area contributed by atoms with Crippen LogP contribution < -0.4 is 5.32 Å². The first-order valence-corrected chi connectivity index (χ1v) is 7.72. The molecule has 1 N–H and O–H groups in total. The summed E-state index contributed by atoms with van der Waals surface area (Å²) in [5.41, 5.74) is 0. The molecule has 2 bridgehead atoms. The van der Waals surface area contributed by atoms with Crippen molar-refractivity contribution in [1.82, 2.24) is 10.2 Å². The van der Waals surface area contributed by atoms with E-state index in [2.05, 4.69) is 10.2 Å². The number of hydrogen-bond donors (Lipinski definition) is 1. The zero-order valence-corrected chi connectivity index (χ0v) is 12.8. The summed E-state index contributed by atoms with van der Waals surface area (Å²) in [6, 6.07) is 0.551. The molecule has 0 aromatic carbocycles. The highest BCUT2D eigenvalue weighted by Crippen LogP contribution is 2.50. The Hall–Kier alpha value is -0.280. The molecule has 0 spiro atoms. The summed E-state index contributed by atoms with van der Waals surface area (Å²) in [6.45, 7) is 1.50. The van der Waals surface area contributed by atoms with Gasteiger partial charge in [-0.2, -0.15) is 0 Å². The summed E-state index contributed by atoms with van der Waals surface area (Å²) in [4.78, 5) is 14.2. The van der Waals surface area contributed by atoms with Crippen LogP contribution >= 0.6 is 12.4 Å². The maximum Gasteiger partial charge on any atom is 0.236 e. The van der Waals surface area contributed by atoms with Crippen molar-refractivity contribution < 1.29 is 4.79 Å². The fourth-order valence-corrected chi connectivity index (χ4v) is 4.68. The maximum absolute atomic E-state index is 12.1. The first-order chi connectivity index (χ1) is 8.78. The van der Waals surface area contributed by atoms with Crippen molar-refractivity contribution in [3.8, 4) is 0 Å². The SMILES string of the molecule is CNCC(=O)N1CCCC1CC1CC2CCC1C2.Cl. The molecule has 1 aliphatic heterocycles. The van der Waals surface area contributed by atoms with Crippen LogP contribution in [0.4, 0.5) is 0 Å². The van der Waals surface area contributed by atoms with Gasteiger partial charge in [0.25, 0.3) is 0 Å². The Balaban J connectivity index is 0.00000133. The van der Waals surface area contributed by atoms with E-state index in [4.69, 9.17) is 0 Å². The molecule has 3 rings (SSSR count). The zero-order chi connectivity index (χ0) is 12.5. The van der Waals surface area contributed by atoms with Crippen molar-refractivity contribution in [2.75, 3.05) is 20.1 Å². The van der Waals surface area contributed by atoms with E-state index in [0.717, 1.165) is 24.3 Å². The Morgan fingerprint density at radius 2 is 2.11 bits per heavy atom. The van der Waals surface area contributed by atoms with E-state index < -0.39 is 0 Å². The molecule has 110 valence electrons. The fraction of sp³-hybridized carbons (Fsp3) is 0.933. The number of likely N-dealkylation sites (N-methyl/N-ethyl adjacent to an activating group) is 1. The van der Waals surface area contributed by atoms with Gasteiger partial charge < -0.3 is 10.2 Å². The maximum atomic E-state index is 12.1. The highest BCUT2D eigenvalue weighted by Gasteiger charge is 2.41. The molecule has 3 fully saturated rings. The van der Waals surface area contributed by atoms with Crippen molar-refractivity contribution in [3.63, 3.8) is 0 Å². The number of fused-ring (bicyclic) bond motifs is 2. The van der Waals surface area contributed by atoms with Crippen LogP contribution in [0.15, 0.2) is 0 Å². The van der Waals surface area contributed by atoms with Crippen LogP contribution in [0, 0.1) is 17.8 Å². The van der Waals surface area contributed by atoms with Gasteiger partial charge in [-0.05, 0) is 63.3 Å². The smallest absolute Gasteiger partial charge is 0.236 e. The number of nitrogens with one attached hydrogen (secondary N) is 1.